The number of hydrogen-bond acceptors (Lipinski definition) is 5. The van der Waals surface area contributed by atoms with Crippen LogP contribution in [0.15, 0.2) is 4.52 Å². The van der Waals surface area contributed by atoms with E-state index in [4.69, 9.17) is 9.63 Å². The summed E-state index contributed by atoms with van der Waals surface area (Å²) in [6.07, 6.45) is 2.15. The minimum Gasteiger partial charge on any atom is -0.481 e. The zero-order valence-electron chi connectivity index (χ0n) is 11.5. The van der Waals surface area contributed by atoms with Crippen LogP contribution in [0.3, 0.4) is 0 Å². The predicted octanol–water partition coefficient (Wildman–Crippen LogP) is 1.88. The van der Waals surface area contributed by atoms with Crippen molar-refractivity contribution < 1.29 is 14.4 Å². The lowest BCUT2D eigenvalue weighted by Crippen LogP contribution is -2.34. The van der Waals surface area contributed by atoms with E-state index in [1.165, 1.54) is 0 Å². The molecule has 0 bridgehead atoms. The highest BCUT2D eigenvalue weighted by molar-refractivity contribution is 5.67. The third kappa shape index (κ3) is 4.02. The Morgan fingerprint density at radius 2 is 2.16 bits per heavy atom. The number of likely N-dealkylation sites (tertiary alicyclic amines) is 1. The van der Waals surface area contributed by atoms with E-state index in [1.54, 1.807) is 0 Å². The van der Waals surface area contributed by atoms with Crippen LogP contribution in [-0.2, 0) is 11.3 Å². The molecule has 0 unspecified atom stereocenters. The summed E-state index contributed by atoms with van der Waals surface area (Å²) < 4.78 is 5.18. The molecule has 1 aliphatic heterocycles. The number of rotatable bonds is 5. The molecule has 0 aliphatic carbocycles. The number of piperidine rings is 1. The van der Waals surface area contributed by atoms with Gasteiger partial charge in [-0.15, -0.1) is 0 Å². The predicted molar refractivity (Wildman–Crippen MR) is 68.6 cm³/mol. The van der Waals surface area contributed by atoms with E-state index in [9.17, 15) is 4.79 Å². The van der Waals surface area contributed by atoms with Crippen LogP contribution >= 0.6 is 0 Å². The molecule has 2 rings (SSSR count). The van der Waals surface area contributed by atoms with Gasteiger partial charge in [0.15, 0.2) is 5.82 Å². The Bertz CT molecular complexity index is 423. The van der Waals surface area contributed by atoms with Gasteiger partial charge < -0.3 is 9.63 Å². The number of nitrogens with zero attached hydrogens (tertiary/aromatic N) is 3. The molecular formula is C13H21N3O3. The number of hydrogen-bond donors (Lipinski definition) is 1. The van der Waals surface area contributed by atoms with Crippen LogP contribution in [-0.4, -0.2) is 39.2 Å². The van der Waals surface area contributed by atoms with Gasteiger partial charge in [0.1, 0.15) is 0 Å². The molecule has 0 amide bonds. The first kappa shape index (κ1) is 14.0. The molecule has 2 heterocycles. The molecule has 19 heavy (non-hydrogen) atoms. The third-order valence-corrected chi connectivity index (χ3v) is 3.51. The summed E-state index contributed by atoms with van der Waals surface area (Å²) in [7, 11) is 0. The molecule has 6 nitrogen and oxygen atoms in total. The van der Waals surface area contributed by atoms with Crippen LogP contribution in [0.1, 0.15) is 50.7 Å². The summed E-state index contributed by atoms with van der Waals surface area (Å²) >= 11 is 0. The molecule has 1 N–H and O–H groups in total. The van der Waals surface area contributed by atoms with Gasteiger partial charge in [-0.2, -0.15) is 4.98 Å². The highest BCUT2D eigenvalue weighted by Crippen LogP contribution is 2.21. The monoisotopic (exact) mass is 267 g/mol. The molecule has 0 spiro atoms. The van der Waals surface area contributed by atoms with E-state index in [0.29, 0.717) is 18.4 Å². The van der Waals surface area contributed by atoms with Crippen LogP contribution in [0.4, 0.5) is 0 Å². The molecule has 0 atom stereocenters. The van der Waals surface area contributed by atoms with E-state index in [2.05, 4.69) is 15.0 Å². The van der Waals surface area contributed by atoms with Crippen molar-refractivity contribution in [2.45, 2.75) is 45.6 Å². The molecule has 1 aromatic rings. The standard InChI is InChI=1S/C13H21N3O3/c1-9(2)13-14-11(15-19-13)8-16-5-3-10(4-6-16)7-12(17)18/h9-10H,3-8H2,1-2H3,(H,17,18). The number of aliphatic carboxylic acids is 1. The summed E-state index contributed by atoms with van der Waals surface area (Å²) in [4.78, 5) is 17.3. The molecule has 1 saturated heterocycles. The Kier molecular flexibility index (Phi) is 4.52. The third-order valence-electron chi connectivity index (χ3n) is 3.51. The lowest BCUT2D eigenvalue weighted by atomic mass is 9.94. The number of carboxylic acid groups (broad SMARTS) is 1. The Labute approximate surface area is 112 Å². The van der Waals surface area contributed by atoms with Crippen molar-refractivity contribution in [3.05, 3.63) is 11.7 Å². The van der Waals surface area contributed by atoms with Crippen molar-refractivity contribution in [3.8, 4) is 0 Å². The molecule has 1 aromatic heterocycles. The minimum atomic E-state index is -0.696. The number of carboxylic acids is 1. The largest absolute Gasteiger partial charge is 0.481 e. The van der Waals surface area contributed by atoms with E-state index >= 15 is 0 Å². The first-order valence-corrected chi connectivity index (χ1v) is 6.81. The van der Waals surface area contributed by atoms with Gasteiger partial charge in [-0.05, 0) is 31.8 Å². The van der Waals surface area contributed by atoms with Crippen molar-refractivity contribution in [2.75, 3.05) is 13.1 Å². The van der Waals surface area contributed by atoms with E-state index < -0.39 is 5.97 Å². The summed E-state index contributed by atoms with van der Waals surface area (Å²) in [6.45, 7) is 6.55. The highest BCUT2D eigenvalue weighted by atomic mass is 16.5. The molecular weight excluding hydrogens is 246 g/mol. The SMILES string of the molecule is CC(C)c1nc(CN2CCC(CC(=O)O)CC2)no1. The van der Waals surface area contributed by atoms with Gasteiger partial charge in [0.05, 0.1) is 6.54 Å². The lowest BCUT2D eigenvalue weighted by molar-refractivity contribution is -0.138. The minimum absolute atomic E-state index is 0.252. The highest BCUT2D eigenvalue weighted by Gasteiger charge is 2.22. The maximum absolute atomic E-state index is 10.7. The molecule has 0 aromatic carbocycles. The maximum Gasteiger partial charge on any atom is 0.303 e. The van der Waals surface area contributed by atoms with Crippen molar-refractivity contribution in [1.82, 2.24) is 15.0 Å². The summed E-state index contributed by atoms with van der Waals surface area (Å²) in [5.41, 5.74) is 0. The van der Waals surface area contributed by atoms with Gasteiger partial charge in [-0.25, -0.2) is 0 Å². The molecule has 0 radical (unpaired) electrons. The number of carbonyl (C=O) groups is 1. The topological polar surface area (TPSA) is 79.5 Å². The molecule has 1 aliphatic rings. The van der Waals surface area contributed by atoms with Crippen molar-refractivity contribution >= 4 is 5.97 Å². The van der Waals surface area contributed by atoms with Crippen LogP contribution in [0.25, 0.3) is 0 Å². The Balaban J connectivity index is 1.80. The van der Waals surface area contributed by atoms with Gasteiger partial charge >= 0.3 is 5.97 Å². The second-order valence-corrected chi connectivity index (χ2v) is 5.52. The first-order chi connectivity index (χ1) is 9.04. The van der Waals surface area contributed by atoms with Crippen molar-refractivity contribution in [2.24, 2.45) is 5.92 Å². The van der Waals surface area contributed by atoms with Gasteiger partial charge in [0, 0.05) is 12.3 Å². The van der Waals surface area contributed by atoms with Gasteiger partial charge in [-0.3, -0.25) is 9.69 Å². The average molecular weight is 267 g/mol. The Morgan fingerprint density at radius 1 is 1.47 bits per heavy atom. The Morgan fingerprint density at radius 3 is 2.68 bits per heavy atom. The van der Waals surface area contributed by atoms with Gasteiger partial charge in [0.25, 0.3) is 0 Å². The fourth-order valence-corrected chi connectivity index (χ4v) is 2.36. The van der Waals surface area contributed by atoms with Gasteiger partial charge in [-0.1, -0.05) is 19.0 Å². The molecule has 0 saturated carbocycles. The zero-order valence-corrected chi connectivity index (χ0v) is 11.5. The van der Waals surface area contributed by atoms with Crippen LogP contribution in [0.2, 0.25) is 0 Å². The smallest absolute Gasteiger partial charge is 0.303 e. The second-order valence-electron chi connectivity index (χ2n) is 5.52. The Hall–Kier alpha value is -1.43. The molecule has 106 valence electrons. The van der Waals surface area contributed by atoms with E-state index in [0.717, 1.165) is 31.8 Å². The summed E-state index contributed by atoms with van der Waals surface area (Å²) in [5, 5.41) is 12.8. The second kappa shape index (κ2) is 6.14. The maximum atomic E-state index is 10.7. The van der Waals surface area contributed by atoms with Crippen molar-refractivity contribution in [3.63, 3.8) is 0 Å². The van der Waals surface area contributed by atoms with Gasteiger partial charge in [0.2, 0.25) is 5.89 Å². The quantitative estimate of drug-likeness (QED) is 0.877. The average Bonchev–Trinajstić information content (AvgIpc) is 2.80. The van der Waals surface area contributed by atoms with Crippen LogP contribution in [0, 0.1) is 5.92 Å². The zero-order chi connectivity index (χ0) is 13.8. The van der Waals surface area contributed by atoms with E-state index in [1.807, 2.05) is 13.8 Å². The normalized spacial score (nSPS) is 18.1. The van der Waals surface area contributed by atoms with Crippen molar-refractivity contribution in [1.29, 1.82) is 0 Å². The van der Waals surface area contributed by atoms with Crippen LogP contribution in [0.5, 0.6) is 0 Å². The van der Waals surface area contributed by atoms with Crippen LogP contribution < -0.4 is 0 Å². The van der Waals surface area contributed by atoms with E-state index in [-0.39, 0.29) is 12.3 Å². The lowest BCUT2D eigenvalue weighted by Gasteiger charge is -2.30. The fraction of sp³-hybridized carbons (Fsp3) is 0.769. The first-order valence-electron chi connectivity index (χ1n) is 6.81. The fourth-order valence-electron chi connectivity index (χ4n) is 2.36. The molecule has 1 fully saturated rings. The summed E-state index contributed by atoms with van der Waals surface area (Å²) in [6, 6.07) is 0. The summed E-state index contributed by atoms with van der Waals surface area (Å²) in [5.74, 6) is 1.27. The molecule has 6 heteroatoms. The number of aromatic nitrogens is 2.